The molecule has 0 radical (unpaired) electrons. The van der Waals surface area contributed by atoms with Crippen LogP contribution in [0.1, 0.15) is 10.6 Å². The lowest BCUT2D eigenvalue weighted by Gasteiger charge is -2.10. The maximum atomic E-state index is 12.2. The molecule has 0 bridgehead atoms. The van der Waals surface area contributed by atoms with E-state index in [1.54, 1.807) is 12.4 Å². The molecule has 0 aliphatic carbocycles. The van der Waals surface area contributed by atoms with Crippen molar-refractivity contribution < 1.29 is 18.0 Å². The van der Waals surface area contributed by atoms with Gasteiger partial charge in [0.05, 0.1) is 10.6 Å². The fourth-order valence-electron chi connectivity index (χ4n) is 2.15. The number of nitrogens with zero attached hydrogens (tertiary/aromatic N) is 3. The number of thioether (sulfide) groups is 1. The molecule has 1 aliphatic heterocycles. The zero-order valence-corrected chi connectivity index (χ0v) is 14.6. The summed E-state index contributed by atoms with van der Waals surface area (Å²) in [5.41, 5.74) is 1.65. The molecule has 132 valence electrons. The van der Waals surface area contributed by atoms with E-state index in [1.807, 2.05) is 24.4 Å². The van der Waals surface area contributed by atoms with Gasteiger partial charge >= 0.3 is 6.18 Å². The number of carbonyl (C=O) groups is 1. The average Bonchev–Trinajstić information content (AvgIpc) is 3.19. The van der Waals surface area contributed by atoms with Crippen molar-refractivity contribution in [3.63, 3.8) is 0 Å². The number of hydrogen-bond acceptors (Lipinski definition) is 6. The van der Waals surface area contributed by atoms with Crippen LogP contribution in [0.15, 0.2) is 29.5 Å². The van der Waals surface area contributed by atoms with Crippen LogP contribution in [0.4, 0.5) is 13.2 Å². The molecular weight excluding hydrogens is 373 g/mol. The first kappa shape index (κ1) is 17.9. The average molecular weight is 386 g/mol. The van der Waals surface area contributed by atoms with E-state index in [0.29, 0.717) is 10.8 Å². The highest BCUT2D eigenvalue weighted by molar-refractivity contribution is 8.15. The molecule has 3 heterocycles. The number of carbonyl (C=O) groups excluding carboxylic acids is 1. The Morgan fingerprint density at radius 3 is 2.92 bits per heavy atom. The van der Waals surface area contributed by atoms with Crippen LogP contribution in [0, 0.1) is 6.92 Å². The van der Waals surface area contributed by atoms with Crippen LogP contribution in [0.5, 0.6) is 0 Å². The van der Waals surface area contributed by atoms with Crippen molar-refractivity contribution in [2.75, 3.05) is 12.3 Å². The minimum Gasteiger partial charge on any atom is -0.345 e. The molecule has 0 saturated heterocycles. The number of thiazole rings is 1. The highest BCUT2D eigenvalue weighted by Gasteiger charge is 2.32. The van der Waals surface area contributed by atoms with Crippen molar-refractivity contribution >= 4 is 34.0 Å². The predicted molar refractivity (Wildman–Crippen MR) is 91.9 cm³/mol. The third-order valence-corrected chi connectivity index (χ3v) is 5.72. The predicted octanol–water partition coefficient (Wildman–Crippen LogP) is 3.05. The minimum absolute atomic E-state index is 0.318. The molecule has 2 aromatic heterocycles. The van der Waals surface area contributed by atoms with Gasteiger partial charge in [-0.05, 0) is 19.1 Å². The lowest BCUT2D eigenvalue weighted by Crippen LogP contribution is -2.39. The Kier molecular flexibility index (Phi) is 5.09. The summed E-state index contributed by atoms with van der Waals surface area (Å²) in [5, 5.41) is 3.30. The summed E-state index contributed by atoms with van der Waals surface area (Å²) in [4.78, 5) is 25.5. The number of aryl methyl sites for hydroxylation is 1. The Morgan fingerprint density at radius 1 is 1.44 bits per heavy atom. The van der Waals surface area contributed by atoms with Crippen LogP contribution in [0.25, 0.3) is 10.6 Å². The largest absolute Gasteiger partial charge is 0.405 e. The van der Waals surface area contributed by atoms with Crippen molar-refractivity contribution in [2.24, 2.45) is 4.99 Å². The molecule has 1 N–H and O–H groups in total. The summed E-state index contributed by atoms with van der Waals surface area (Å²) in [6.45, 7) is 0.494. The third-order valence-electron chi connectivity index (χ3n) is 3.32. The molecule has 5 nitrogen and oxygen atoms in total. The molecule has 0 fully saturated rings. The zero-order chi connectivity index (χ0) is 18.0. The Bertz CT molecular complexity index is 805. The van der Waals surface area contributed by atoms with Gasteiger partial charge in [0.1, 0.15) is 22.6 Å². The third kappa shape index (κ3) is 4.37. The van der Waals surface area contributed by atoms with E-state index in [0.717, 1.165) is 21.1 Å². The molecule has 0 aromatic carbocycles. The number of hydrogen-bond donors (Lipinski definition) is 1. The summed E-state index contributed by atoms with van der Waals surface area (Å²) in [6.07, 6.45) is -1.05. The number of aromatic nitrogens is 2. The van der Waals surface area contributed by atoms with E-state index in [4.69, 9.17) is 0 Å². The Balaban J connectivity index is 1.75. The van der Waals surface area contributed by atoms with Crippen LogP contribution < -0.4 is 5.32 Å². The summed E-state index contributed by atoms with van der Waals surface area (Å²) >= 11 is 2.78. The quantitative estimate of drug-likeness (QED) is 0.877. The van der Waals surface area contributed by atoms with Gasteiger partial charge < -0.3 is 5.32 Å². The van der Waals surface area contributed by atoms with Gasteiger partial charge in [0.2, 0.25) is 5.91 Å². The first-order valence-electron chi connectivity index (χ1n) is 7.27. The van der Waals surface area contributed by atoms with Crippen molar-refractivity contribution in [2.45, 2.75) is 19.1 Å². The lowest BCUT2D eigenvalue weighted by atomic mass is 10.3. The first-order chi connectivity index (χ1) is 11.8. The number of amides is 1. The number of aliphatic imine (C=N–C) groups is 1. The highest BCUT2D eigenvalue weighted by atomic mass is 32.2. The fraction of sp³-hybridized carbons (Fsp3) is 0.333. The molecule has 0 spiro atoms. The van der Waals surface area contributed by atoms with Gasteiger partial charge in [-0.2, -0.15) is 13.2 Å². The fourth-order valence-corrected chi connectivity index (χ4v) is 4.42. The van der Waals surface area contributed by atoms with Crippen molar-refractivity contribution in [1.29, 1.82) is 0 Å². The molecule has 25 heavy (non-hydrogen) atoms. The van der Waals surface area contributed by atoms with E-state index in [1.165, 1.54) is 23.1 Å². The maximum absolute atomic E-state index is 12.2. The molecule has 10 heteroatoms. The van der Waals surface area contributed by atoms with Gasteiger partial charge in [0, 0.05) is 23.7 Å². The van der Waals surface area contributed by atoms with Gasteiger partial charge in [-0.25, -0.2) is 4.98 Å². The lowest BCUT2D eigenvalue weighted by molar-refractivity contribution is -0.138. The Labute approximate surface area is 149 Å². The summed E-state index contributed by atoms with van der Waals surface area (Å²) in [5.74, 6) is -0.395. The summed E-state index contributed by atoms with van der Waals surface area (Å²) in [7, 11) is 0. The Hall–Kier alpha value is -1.94. The standard InChI is InChI=1S/C15H13F3N4OS2/c1-8-11(25-13(21-8)9-3-2-4-19-5-9)14-22-10(6-24-14)12(23)20-7-15(16,17)18/h2-5,10H,6-7H2,1H3,(H,20,23). The van der Waals surface area contributed by atoms with Crippen molar-refractivity contribution in [3.05, 3.63) is 35.1 Å². The minimum atomic E-state index is -4.43. The van der Waals surface area contributed by atoms with Crippen LogP contribution >= 0.6 is 23.1 Å². The van der Waals surface area contributed by atoms with Crippen molar-refractivity contribution in [1.82, 2.24) is 15.3 Å². The van der Waals surface area contributed by atoms with E-state index < -0.39 is 24.7 Å². The summed E-state index contributed by atoms with van der Waals surface area (Å²) < 4.78 is 36.6. The number of rotatable bonds is 4. The van der Waals surface area contributed by atoms with Crippen LogP contribution in [0.2, 0.25) is 0 Å². The smallest absolute Gasteiger partial charge is 0.345 e. The second-order valence-electron chi connectivity index (χ2n) is 5.27. The van der Waals surface area contributed by atoms with Gasteiger partial charge in [-0.3, -0.25) is 14.8 Å². The first-order valence-corrected chi connectivity index (χ1v) is 9.07. The van der Waals surface area contributed by atoms with Crippen LogP contribution in [-0.4, -0.2) is 45.4 Å². The van der Waals surface area contributed by atoms with Crippen molar-refractivity contribution in [3.8, 4) is 10.6 Å². The molecule has 1 aliphatic rings. The van der Waals surface area contributed by atoms with Crippen LogP contribution in [0.3, 0.4) is 0 Å². The molecule has 1 atom stereocenters. The highest BCUT2D eigenvalue weighted by Crippen LogP contribution is 2.33. The number of pyridine rings is 1. The Morgan fingerprint density at radius 2 is 2.24 bits per heavy atom. The molecule has 1 unspecified atom stereocenters. The van der Waals surface area contributed by atoms with Gasteiger partial charge in [-0.15, -0.1) is 23.1 Å². The normalized spacial score (nSPS) is 17.4. The van der Waals surface area contributed by atoms with E-state index in [-0.39, 0.29) is 0 Å². The monoisotopic (exact) mass is 386 g/mol. The maximum Gasteiger partial charge on any atom is 0.405 e. The molecule has 0 saturated carbocycles. The van der Waals surface area contributed by atoms with Gasteiger partial charge in [-0.1, -0.05) is 0 Å². The molecular formula is C15H13F3N4OS2. The second-order valence-corrected chi connectivity index (χ2v) is 7.28. The number of alkyl halides is 3. The SMILES string of the molecule is Cc1nc(-c2cccnc2)sc1C1=NC(C(=O)NCC(F)(F)F)CS1. The van der Waals surface area contributed by atoms with Gasteiger partial charge in [0.15, 0.2) is 0 Å². The zero-order valence-electron chi connectivity index (χ0n) is 13.0. The second kappa shape index (κ2) is 7.12. The number of halogens is 3. The van der Waals surface area contributed by atoms with E-state index >= 15 is 0 Å². The molecule has 3 rings (SSSR count). The molecule has 2 aromatic rings. The van der Waals surface area contributed by atoms with E-state index in [9.17, 15) is 18.0 Å². The number of nitrogens with one attached hydrogen (secondary N) is 1. The van der Waals surface area contributed by atoms with E-state index in [2.05, 4.69) is 15.0 Å². The molecule has 1 amide bonds. The van der Waals surface area contributed by atoms with Crippen LogP contribution in [-0.2, 0) is 4.79 Å². The summed E-state index contributed by atoms with van der Waals surface area (Å²) in [6, 6.07) is 2.89. The van der Waals surface area contributed by atoms with Gasteiger partial charge in [0.25, 0.3) is 0 Å². The topological polar surface area (TPSA) is 67.2 Å².